The third kappa shape index (κ3) is 4.44. The number of aromatic nitrogens is 1. The Morgan fingerprint density at radius 2 is 1.10 bits per heavy atom. The average Bonchev–Trinajstić information content (AvgIpc) is 2.51. The van der Waals surface area contributed by atoms with E-state index in [9.17, 15) is 0 Å². The maximum Gasteiger partial charge on any atom is 0.173 e. The molecule has 2 aromatic carbocycles. The fourth-order valence-electron chi connectivity index (χ4n) is 2.34. The largest absolute Gasteiger partial charge is 1.00 e. The van der Waals surface area contributed by atoms with E-state index in [-0.39, 0.29) is 12.4 Å². The Labute approximate surface area is 132 Å². The van der Waals surface area contributed by atoms with Crippen molar-refractivity contribution in [3.8, 4) is 0 Å². The Bertz CT molecular complexity index is 588. The third-order valence-electron chi connectivity index (χ3n) is 3.42. The van der Waals surface area contributed by atoms with Crippen LogP contribution in [0.25, 0.3) is 0 Å². The van der Waals surface area contributed by atoms with E-state index in [1.54, 1.807) is 0 Å². The fourth-order valence-corrected chi connectivity index (χ4v) is 2.34. The maximum atomic E-state index is 2.23. The summed E-state index contributed by atoms with van der Waals surface area (Å²) in [6.07, 6.45) is 5.19. The second-order valence-corrected chi connectivity index (χ2v) is 5.03. The van der Waals surface area contributed by atoms with Gasteiger partial charge in [-0.25, -0.2) is 4.57 Å². The van der Waals surface area contributed by atoms with Crippen molar-refractivity contribution in [3.63, 3.8) is 0 Å². The molecule has 0 bridgehead atoms. The molecule has 0 aliphatic carbocycles. The maximum absolute atomic E-state index is 2.23. The molecule has 21 heavy (non-hydrogen) atoms. The van der Waals surface area contributed by atoms with Crippen LogP contribution in [0.5, 0.6) is 0 Å². The molecule has 0 spiro atoms. The van der Waals surface area contributed by atoms with Crippen molar-refractivity contribution in [1.29, 1.82) is 0 Å². The van der Waals surface area contributed by atoms with Gasteiger partial charge >= 0.3 is 0 Å². The Balaban J connectivity index is 0.00000161. The first-order valence-corrected chi connectivity index (χ1v) is 6.96. The van der Waals surface area contributed by atoms with E-state index in [4.69, 9.17) is 0 Å². The van der Waals surface area contributed by atoms with Crippen molar-refractivity contribution in [2.75, 3.05) is 0 Å². The molecule has 0 saturated heterocycles. The summed E-state index contributed by atoms with van der Waals surface area (Å²) in [4.78, 5) is 0. The summed E-state index contributed by atoms with van der Waals surface area (Å²) in [6.45, 7) is 0.923. The molecule has 0 amide bonds. The summed E-state index contributed by atoms with van der Waals surface area (Å²) in [5, 5.41) is 0. The SMILES string of the molecule is [Cl-].c1ccc(Cc2ccc(C[n+]3ccccc3)cc2)cc1. The molecule has 3 rings (SSSR count). The van der Waals surface area contributed by atoms with Crippen LogP contribution < -0.4 is 17.0 Å². The standard InChI is InChI=1S/C19H18N.ClH/c1-3-7-17(8-4-1)15-18-9-11-19(12-10-18)16-20-13-5-2-6-14-20;/h1-14H,15-16H2;1H/q+1;/p-1. The Morgan fingerprint density at radius 1 is 0.571 bits per heavy atom. The molecule has 1 heterocycles. The molecule has 1 nitrogen and oxygen atoms in total. The molecule has 3 aromatic rings. The zero-order valence-electron chi connectivity index (χ0n) is 11.8. The first-order valence-electron chi connectivity index (χ1n) is 6.96. The van der Waals surface area contributed by atoms with E-state index < -0.39 is 0 Å². The predicted octanol–water partition coefficient (Wildman–Crippen LogP) is 0.617. The summed E-state index contributed by atoms with van der Waals surface area (Å²) in [5.74, 6) is 0. The van der Waals surface area contributed by atoms with E-state index in [0.29, 0.717) is 0 Å². The molecular formula is C19H18ClN. The molecule has 0 aliphatic heterocycles. The van der Waals surface area contributed by atoms with Crippen LogP contribution in [0.15, 0.2) is 85.2 Å². The highest BCUT2D eigenvalue weighted by atomic mass is 35.5. The van der Waals surface area contributed by atoms with Gasteiger partial charge < -0.3 is 12.4 Å². The minimum absolute atomic E-state index is 0. The molecule has 0 N–H and O–H groups in total. The minimum Gasteiger partial charge on any atom is -1.00 e. The van der Waals surface area contributed by atoms with E-state index in [0.717, 1.165) is 13.0 Å². The van der Waals surface area contributed by atoms with Crippen LogP contribution >= 0.6 is 0 Å². The summed E-state index contributed by atoms with van der Waals surface area (Å²) < 4.78 is 2.19. The van der Waals surface area contributed by atoms with Crippen molar-refractivity contribution in [1.82, 2.24) is 0 Å². The number of benzene rings is 2. The highest BCUT2D eigenvalue weighted by Crippen LogP contribution is 2.10. The lowest BCUT2D eigenvalue weighted by atomic mass is 10.0. The summed E-state index contributed by atoms with van der Waals surface area (Å²) in [5.41, 5.74) is 4.05. The van der Waals surface area contributed by atoms with Crippen LogP contribution in [0.3, 0.4) is 0 Å². The first-order chi connectivity index (χ1) is 9.90. The zero-order chi connectivity index (χ0) is 13.6. The van der Waals surface area contributed by atoms with Crippen LogP contribution in [0.1, 0.15) is 16.7 Å². The number of halogens is 1. The molecule has 0 aliphatic rings. The van der Waals surface area contributed by atoms with Gasteiger partial charge in [-0.2, -0.15) is 0 Å². The summed E-state index contributed by atoms with van der Waals surface area (Å²) in [7, 11) is 0. The summed E-state index contributed by atoms with van der Waals surface area (Å²) >= 11 is 0. The third-order valence-corrected chi connectivity index (χ3v) is 3.42. The van der Waals surface area contributed by atoms with Gasteiger partial charge in [0, 0.05) is 17.7 Å². The Hall–Kier alpha value is -2.12. The highest BCUT2D eigenvalue weighted by molar-refractivity contribution is 5.28. The van der Waals surface area contributed by atoms with E-state index in [1.165, 1.54) is 16.7 Å². The summed E-state index contributed by atoms with van der Waals surface area (Å²) in [6, 6.07) is 25.7. The minimum atomic E-state index is 0. The van der Waals surface area contributed by atoms with E-state index in [1.807, 2.05) is 6.07 Å². The van der Waals surface area contributed by atoms with Crippen LogP contribution in [-0.4, -0.2) is 0 Å². The molecule has 0 radical (unpaired) electrons. The monoisotopic (exact) mass is 295 g/mol. The molecule has 1 aromatic heterocycles. The van der Waals surface area contributed by atoms with Gasteiger partial charge in [-0.3, -0.25) is 0 Å². The van der Waals surface area contributed by atoms with Crippen molar-refractivity contribution < 1.29 is 17.0 Å². The van der Waals surface area contributed by atoms with Gasteiger partial charge in [-0.1, -0.05) is 60.7 Å². The van der Waals surface area contributed by atoms with Crippen molar-refractivity contribution in [2.45, 2.75) is 13.0 Å². The lowest BCUT2D eigenvalue weighted by molar-refractivity contribution is -0.688. The molecule has 106 valence electrons. The normalized spacial score (nSPS) is 9.90. The van der Waals surface area contributed by atoms with Gasteiger partial charge in [-0.15, -0.1) is 0 Å². The number of hydrogen-bond acceptors (Lipinski definition) is 0. The van der Waals surface area contributed by atoms with Gasteiger partial charge in [0.05, 0.1) is 0 Å². The Morgan fingerprint density at radius 3 is 1.76 bits per heavy atom. The molecular weight excluding hydrogens is 278 g/mol. The lowest BCUT2D eigenvalue weighted by Gasteiger charge is -2.03. The van der Waals surface area contributed by atoms with Gasteiger partial charge in [0.25, 0.3) is 0 Å². The van der Waals surface area contributed by atoms with Crippen molar-refractivity contribution in [2.24, 2.45) is 0 Å². The number of hydrogen-bond donors (Lipinski definition) is 0. The van der Waals surface area contributed by atoms with Gasteiger partial charge in [0.2, 0.25) is 0 Å². The van der Waals surface area contributed by atoms with Crippen LogP contribution in [0.2, 0.25) is 0 Å². The predicted molar refractivity (Wildman–Crippen MR) is 81.4 cm³/mol. The van der Waals surface area contributed by atoms with Crippen LogP contribution in [0, 0.1) is 0 Å². The quantitative estimate of drug-likeness (QED) is 0.621. The second kappa shape index (κ2) is 7.61. The molecule has 0 fully saturated rings. The number of rotatable bonds is 4. The molecule has 0 unspecified atom stereocenters. The molecule has 0 saturated carbocycles. The van der Waals surface area contributed by atoms with E-state index >= 15 is 0 Å². The number of nitrogens with zero attached hydrogens (tertiary/aromatic N) is 1. The highest BCUT2D eigenvalue weighted by Gasteiger charge is 2.01. The van der Waals surface area contributed by atoms with Crippen molar-refractivity contribution >= 4 is 0 Å². The second-order valence-electron chi connectivity index (χ2n) is 5.03. The Kier molecular flexibility index (Phi) is 5.53. The van der Waals surface area contributed by atoms with Crippen LogP contribution in [-0.2, 0) is 13.0 Å². The smallest absolute Gasteiger partial charge is 0.173 e. The van der Waals surface area contributed by atoms with Gasteiger partial charge in [-0.05, 0) is 17.5 Å². The first kappa shape index (κ1) is 15.3. The fraction of sp³-hybridized carbons (Fsp3) is 0.105. The van der Waals surface area contributed by atoms with Gasteiger partial charge in [0.15, 0.2) is 18.9 Å². The molecule has 0 atom stereocenters. The average molecular weight is 296 g/mol. The van der Waals surface area contributed by atoms with E-state index in [2.05, 4.69) is 83.7 Å². The van der Waals surface area contributed by atoms with Gasteiger partial charge in [0.1, 0.15) is 0 Å². The topological polar surface area (TPSA) is 3.88 Å². The molecule has 2 heteroatoms. The van der Waals surface area contributed by atoms with Crippen molar-refractivity contribution in [3.05, 3.63) is 102 Å². The lowest BCUT2D eigenvalue weighted by Crippen LogP contribution is -3.00. The zero-order valence-corrected chi connectivity index (χ0v) is 12.6. The van der Waals surface area contributed by atoms with Crippen LogP contribution in [0.4, 0.5) is 0 Å². The number of pyridine rings is 1.